The number of nitrogens with zero attached hydrogens (tertiary/aromatic N) is 4. The number of rotatable bonds is 6. The number of ether oxygens (including phenoxy) is 1. The molecule has 1 saturated heterocycles. The van der Waals surface area contributed by atoms with E-state index in [9.17, 15) is 0 Å². The first-order chi connectivity index (χ1) is 15.5. The standard InChI is InChI=1S/C23H25Cl2N5OS/c1-31-21-4-2-3-17(11-21)14-28-7-9-29(10-8-28)23(32)27-20-13-26-30(16-20)15-18-5-6-19(24)12-22(18)25/h2-6,11-13,16H,7-10,14-15H2,1H3,(H,27,32). The van der Waals surface area contributed by atoms with E-state index in [2.05, 4.69) is 32.3 Å². The molecule has 1 aliphatic rings. The minimum absolute atomic E-state index is 0.563. The summed E-state index contributed by atoms with van der Waals surface area (Å²) in [7, 11) is 1.70. The maximum absolute atomic E-state index is 6.27. The van der Waals surface area contributed by atoms with Gasteiger partial charge in [-0.15, -0.1) is 0 Å². The first-order valence-corrected chi connectivity index (χ1v) is 11.5. The number of nitrogens with one attached hydrogen (secondary N) is 1. The van der Waals surface area contributed by atoms with E-state index in [-0.39, 0.29) is 0 Å². The van der Waals surface area contributed by atoms with Crippen LogP contribution in [0.1, 0.15) is 11.1 Å². The third-order valence-electron chi connectivity index (χ3n) is 5.43. The molecule has 3 aromatic rings. The Morgan fingerprint density at radius 1 is 1.09 bits per heavy atom. The predicted octanol–water partition coefficient (Wildman–Crippen LogP) is 4.76. The quantitative estimate of drug-likeness (QED) is 0.503. The molecular formula is C23H25Cl2N5OS. The SMILES string of the molecule is COc1cccc(CN2CCN(C(=S)Nc3cnn(Cc4ccc(Cl)cc4Cl)c3)CC2)c1. The van der Waals surface area contributed by atoms with Crippen LogP contribution in [0.4, 0.5) is 5.69 Å². The number of anilines is 1. The summed E-state index contributed by atoms with van der Waals surface area (Å²) in [5.74, 6) is 0.894. The first kappa shape index (κ1) is 22.9. The average molecular weight is 490 g/mol. The molecule has 1 fully saturated rings. The molecule has 0 atom stereocenters. The van der Waals surface area contributed by atoms with Crippen LogP contribution in [0.5, 0.6) is 5.75 Å². The fraction of sp³-hybridized carbons (Fsp3) is 0.304. The summed E-state index contributed by atoms with van der Waals surface area (Å²) in [6.45, 7) is 5.13. The third-order valence-corrected chi connectivity index (χ3v) is 6.38. The van der Waals surface area contributed by atoms with E-state index in [1.807, 2.05) is 35.1 Å². The van der Waals surface area contributed by atoms with Crippen LogP contribution in [-0.2, 0) is 13.1 Å². The molecule has 4 rings (SSSR count). The fourth-order valence-electron chi connectivity index (χ4n) is 3.68. The van der Waals surface area contributed by atoms with Crippen LogP contribution >= 0.6 is 35.4 Å². The van der Waals surface area contributed by atoms with Gasteiger partial charge in [-0.3, -0.25) is 9.58 Å². The number of benzene rings is 2. The lowest BCUT2D eigenvalue weighted by molar-refractivity contribution is 0.177. The van der Waals surface area contributed by atoms with Gasteiger partial charge in [-0.25, -0.2) is 0 Å². The van der Waals surface area contributed by atoms with Crippen LogP contribution in [0.2, 0.25) is 10.0 Å². The molecule has 168 valence electrons. The van der Waals surface area contributed by atoms with E-state index in [1.54, 1.807) is 19.4 Å². The number of halogens is 2. The van der Waals surface area contributed by atoms with Gasteiger partial charge in [0.15, 0.2) is 5.11 Å². The highest BCUT2D eigenvalue weighted by Gasteiger charge is 2.19. The van der Waals surface area contributed by atoms with E-state index < -0.39 is 0 Å². The minimum atomic E-state index is 0.563. The van der Waals surface area contributed by atoms with Crippen LogP contribution < -0.4 is 10.1 Å². The maximum Gasteiger partial charge on any atom is 0.173 e. The normalized spacial score (nSPS) is 14.4. The van der Waals surface area contributed by atoms with Gasteiger partial charge in [0.05, 0.1) is 25.5 Å². The van der Waals surface area contributed by atoms with Gasteiger partial charge in [-0.1, -0.05) is 41.4 Å². The molecule has 0 aliphatic carbocycles. The Balaban J connectivity index is 1.27. The number of hydrogen-bond donors (Lipinski definition) is 1. The van der Waals surface area contributed by atoms with Crippen molar-refractivity contribution >= 4 is 46.2 Å². The molecule has 9 heteroatoms. The Morgan fingerprint density at radius 3 is 2.66 bits per heavy atom. The lowest BCUT2D eigenvalue weighted by atomic mass is 10.2. The highest BCUT2D eigenvalue weighted by Crippen LogP contribution is 2.22. The summed E-state index contributed by atoms with van der Waals surface area (Å²) in [5.41, 5.74) is 3.08. The van der Waals surface area contributed by atoms with Crippen LogP contribution in [0.25, 0.3) is 0 Å². The summed E-state index contributed by atoms with van der Waals surface area (Å²) in [6, 6.07) is 13.7. The van der Waals surface area contributed by atoms with Gasteiger partial charge in [0.1, 0.15) is 5.75 Å². The van der Waals surface area contributed by atoms with E-state index in [4.69, 9.17) is 40.2 Å². The number of piperazine rings is 1. The molecule has 6 nitrogen and oxygen atoms in total. The molecule has 1 aliphatic heterocycles. The van der Waals surface area contributed by atoms with Crippen molar-refractivity contribution in [1.82, 2.24) is 19.6 Å². The zero-order valence-corrected chi connectivity index (χ0v) is 20.1. The lowest BCUT2D eigenvalue weighted by Crippen LogP contribution is -2.49. The lowest BCUT2D eigenvalue weighted by Gasteiger charge is -2.36. The highest BCUT2D eigenvalue weighted by molar-refractivity contribution is 7.80. The van der Waals surface area contributed by atoms with E-state index in [1.165, 1.54) is 5.56 Å². The van der Waals surface area contributed by atoms with Crippen LogP contribution in [0.15, 0.2) is 54.9 Å². The Hall–Kier alpha value is -2.32. The van der Waals surface area contributed by atoms with Gasteiger partial charge in [0, 0.05) is 49.0 Å². The third kappa shape index (κ3) is 5.92. The fourth-order valence-corrected chi connectivity index (χ4v) is 4.45. The van der Waals surface area contributed by atoms with Gasteiger partial charge in [0.25, 0.3) is 0 Å². The molecule has 0 amide bonds. The predicted molar refractivity (Wildman–Crippen MR) is 134 cm³/mol. The van der Waals surface area contributed by atoms with Crippen molar-refractivity contribution < 1.29 is 4.74 Å². The van der Waals surface area contributed by atoms with E-state index >= 15 is 0 Å². The summed E-state index contributed by atoms with van der Waals surface area (Å²) in [6.07, 6.45) is 3.70. The van der Waals surface area contributed by atoms with E-state index in [0.29, 0.717) is 16.6 Å². The van der Waals surface area contributed by atoms with Crippen molar-refractivity contribution in [2.75, 3.05) is 38.6 Å². The molecule has 0 spiro atoms. The van der Waals surface area contributed by atoms with Gasteiger partial charge in [-0.2, -0.15) is 5.10 Å². The Bertz CT molecular complexity index is 1080. The molecule has 32 heavy (non-hydrogen) atoms. The zero-order chi connectivity index (χ0) is 22.5. The van der Waals surface area contributed by atoms with Crippen LogP contribution in [0, 0.1) is 0 Å². The van der Waals surface area contributed by atoms with Gasteiger partial charge >= 0.3 is 0 Å². The number of methoxy groups -OCH3 is 1. The van der Waals surface area contributed by atoms with Crippen molar-refractivity contribution in [2.24, 2.45) is 0 Å². The molecule has 2 aromatic carbocycles. The first-order valence-electron chi connectivity index (χ1n) is 10.4. The molecule has 0 radical (unpaired) electrons. The van der Waals surface area contributed by atoms with Crippen molar-refractivity contribution in [3.8, 4) is 5.75 Å². The molecule has 0 unspecified atom stereocenters. The topological polar surface area (TPSA) is 45.6 Å². The van der Waals surface area contributed by atoms with Crippen molar-refractivity contribution in [3.05, 3.63) is 76.0 Å². The summed E-state index contributed by atoms with van der Waals surface area (Å²) >= 11 is 17.9. The maximum atomic E-state index is 6.27. The molecule has 0 saturated carbocycles. The van der Waals surface area contributed by atoms with Gasteiger partial charge in [-0.05, 0) is 47.6 Å². The Labute approximate surface area is 203 Å². The number of aromatic nitrogens is 2. The number of hydrogen-bond acceptors (Lipinski definition) is 4. The Kier molecular flexibility index (Phi) is 7.52. The van der Waals surface area contributed by atoms with Gasteiger partial charge in [0.2, 0.25) is 0 Å². The molecular weight excluding hydrogens is 465 g/mol. The second kappa shape index (κ2) is 10.5. The molecule has 2 heterocycles. The molecule has 1 N–H and O–H groups in total. The van der Waals surface area contributed by atoms with Crippen LogP contribution in [0.3, 0.4) is 0 Å². The van der Waals surface area contributed by atoms with E-state index in [0.717, 1.165) is 54.8 Å². The van der Waals surface area contributed by atoms with Crippen molar-refractivity contribution in [2.45, 2.75) is 13.1 Å². The zero-order valence-electron chi connectivity index (χ0n) is 17.8. The minimum Gasteiger partial charge on any atom is -0.497 e. The van der Waals surface area contributed by atoms with Gasteiger partial charge < -0.3 is 15.0 Å². The Morgan fingerprint density at radius 2 is 1.91 bits per heavy atom. The highest BCUT2D eigenvalue weighted by atomic mass is 35.5. The second-order valence-electron chi connectivity index (χ2n) is 7.71. The monoisotopic (exact) mass is 489 g/mol. The smallest absolute Gasteiger partial charge is 0.173 e. The number of thiocarbonyl (C=S) groups is 1. The van der Waals surface area contributed by atoms with Crippen LogP contribution in [-0.4, -0.2) is 58.0 Å². The molecule has 0 bridgehead atoms. The second-order valence-corrected chi connectivity index (χ2v) is 8.94. The summed E-state index contributed by atoms with van der Waals surface area (Å²) < 4.78 is 7.15. The average Bonchev–Trinajstić information content (AvgIpc) is 3.23. The van der Waals surface area contributed by atoms with Crippen molar-refractivity contribution in [1.29, 1.82) is 0 Å². The summed E-state index contributed by atoms with van der Waals surface area (Å²) in [5, 5.41) is 9.69. The largest absolute Gasteiger partial charge is 0.497 e. The molecule has 1 aromatic heterocycles. The summed E-state index contributed by atoms with van der Waals surface area (Å²) in [4.78, 5) is 4.63. The van der Waals surface area contributed by atoms with Crippen molar-refractivity contribution in [3.63, 3.8) is 0 Å².